The van der Waals surface area contributed by atoms with Crippen LogP contribution in [0.25, 0.3) is 11.0 Å². The first-order valence-electron chi connectivity index (χ1n) is 7.07. The van der Waals surface area contributed by atoms with Crippen LogP contribution in [0.3, 0.4) is 0 Å². The number of nitrogens with zero attached hydrogens (tertiary/aromatic N) is 2. The van der Waals surface area contributed by atoms with E-state index >= 15 is 0 Å². The van der Waals surface area contributed by atoms with Gasteiger partial charge >= 0.3 is 0 Å². The number of amides is 1. The first kappa shape index (κ1) is 12.4. The second-order valence-electron chi connectivity index (χ2n) is 5.75. The largest absolute Gasteiger partial charge is 0.445 e. The zero-order valence-electron chi connectivity index (χ0n) is 11.3. The van der Waals surface area contributed by atoms with Crippen molar-refractivity contribution in [2.75, 3.05) is 6.54 Å². The van der Waals surface area contributed by atoms with E-state index in [9.17, 15) is 4.79 Å². The lowest BCUT2D eigenvalue weighted by atomic mass is 10.0. The molecule has 21 heavy (non-hydrogen) atoms. The molecule has 2 fully saturated rings. The van der Waals surface area contributed by atoms with Crippen LogP contribution in [-0.2, 0) is 0 Å². The van der Waals surface area contributed by atoms with Crippen molar-refractivity contribution in [3.63, 3.8) is 0 Å². The number of fused-ring (bicyclic) bond motifs is 3. The molecule has 3 unspecified atom stereocenters. The summed E-state index contributed by atoms with van der Waals surface area (Å²) >= 11 is 0. The van der Waals surface area contributed by atoms with Crippen LogP contribution in [0.4, 0.5) is 0 Å². The lowest BCUT2D eigenvalue weighted by Crippen LogP contribution is -2.44. The molecule has 0 aromatic carbocycles. The number of nitriles is 1. The molecule has 2 aromatic heterocycles. The number of furan rings is 1. The van der Waals surface area contributed by atoms with Gasteiger partial charge in [0.25, 0.3) is 5.91 Å². The van der Waals surface area contributed by atoms with Crippen LogP contribution >= 0.6 is 0 Å². The highest BCUT2D eigenvalue weighted by atomic mass is 16.3. The highest BCUT2D eigenvalue weighted by Crippen LogP contribution is 2.31. The fraction of sp³-hybridized carbons (Fsp3) is 0.400. The van der Waals surface area contributed by atoms with Crippen LogP contribution in [0.1, 0.15) is 29.1 Å². The lowest BCUT2D eigenvalue weighted by molar-refractivity contribution is 0.0920. The minimum atomic E-state index is -0.177. The topological polar surface area (TPSA) is 91.0 Å². The molecule has 4 rings (SSSR count). The Labute approximate surface area is 121 Å². The van der Waals surface area contributed by atoms with Gasteiger partial charge in [-0.25, -0.2) is 0 Å². The van der Waals surface area contributed by atoms with Crippen molar-refractivity contribution < 1.29 is 9.21 Å². The van der Waals surface area contributed by atoms with Gasteiger partial charge in [0.05, 0.1) is 0 Å². The Bertz CT molecular complexity index is 761. The number of carbonyl (C=O) groups is 1. The summed E-state index contributed by atoms with van der Waals surface area (Å²) < 4.78 is 5.34. The first-order chi connectivity index (χ1) is 10.2. The molecule has 2 N–H and O–H groups in total. The Morgan fingerprint density at radius 3 is 3.10 bits per heavy atom. The van der Waals surface area contributed by atoms with E-state index in [1.807, 2.05) is 6.07 Å². The van der Waals surface area contributed by atoms with E-state index in [0.717, 1.165) is 24.8 Å². The molecule has 1 saturated carbocycles. The van der Waals surface area contributed by atoms with Crippen LogP contribution in [0.2, 0.25) is 0 Å². The Kier molecular flexibility index (Phi) is 2.69. The van der Waals surface area contributed by atoms with Crippen LogP contribution in [0, 0.1) is 17.2 Å². The second kappa shape index (κ2) is 4.57. The van der Waals surface area contributed by atoms with Gasteiger partial charge in [-0.2, -0.15) is 5.26 Å². The molecule has 6 nitrogen and oxygen atoms in total. The molecule has 106 valence electrons. The molecular weight excluding hydrogens is 268 g/mol. The Morgan fingerprint density at radius 1 is 1.48 bits per heavy atom. The number of hydrogen-bond donors (Lipinski definition) is 2. The van der Waals surface area contributed by atoms with Gasteiger partial charge in [-0.3, -0.25) is 9.78 Å². The highest BCUT2D eigenvalue weighted by Gasteiger charge is 2.40. The second-order valence-corrected chi connectivity index (χ2v) is 5.75. The standard InChI is InChI=1S/C15H14N4O2/c16-5-11-2-9-7-18-13(4-14(9)21-11)15(20)19-12-3-10-1-8(12)6-17-10/h2,4,7-8,10,12,17H,1,3,6H2,(H,19,20). The molecule has 1 amide bonds. The molecule has 2 aromatic rings. The van der Waals surface area contributed by atoms with Gasteiger partial charge < -0.3 is 15.1 Å². The zero-order valence-corrected chi connectivity index (χ0v) is 11.3. The summed E-state index contributed by atoms with van der Waals surface area (Å²) in [5.41, 5.74) is 0.846. The maximum atomic E-state index is 12.3. The number of hydrogen-bond acceptors (Lipinski definition) is 5. The van der Waals surface area contributed by atoms with E-state index in [2.05, 4.69) is 15.6 Å². The molecule has 1 saturated heterocycles. The average Bonchev–Trinajstić information content (AvgIpc) is 3.20. The summed E-state index contributed by atoms with van der Waals surface area (Å²) in [5.74, 6) is 0.573. The van der Waals surface area contributed by atoms with Crippen molar-refractivity contribution in [3.05, 3.63) is 29.8 Å². The Balaban J connectivity index is 1.55. The summed E-state index contributed by atoms with van der Waals surface area (Å²) in [6, 6.07) is 5.92. The molecule has 2 aliphatic rings. The predicted molar refractivity (Wildman–Crippen MR) is 74.5 cm³/mol. The molecule has 0 spiro atoms. The third-order valence-corrected chi connectivity index (χ3v) is 4.42. The Hall–Kier alpha value is -2.39. The van der Waals surface area contributed by atoms with Crippen molar-refractivity contribution in [1.82, 2.24) is 15.6 Å². The highest BCUT2D eigenvalue weighted by molar-refractivity contribution is 5.95. The average molecular weight is 282 g/mol. The monoisotopic (exact) mass is 282 g/mol. The minimum absolute atomic E-state index is 0.177. The maximum absolute atomic E-state index is 12.3. The number of pyridine rings is 1. The van der Waals surface area contributed by atoms with Crippen molar-refractivity contribution in [3.8, 4) is 6.07 Å². The van der Waals surface area contributed by atoms with Crippen molar-refractivity contribution in [2.45, 2.75) is 24.9 Å². The van der Waals surface area contributed by atoms with E-state index in [1.165, 1.54) is 0 Å². The summed E-state index contributed by atoms with van der Waals surface area (Å²) in [5, 5.41) is 16.0. The zero-order chi connectivity index (χ0) is 14.4. The van der Waals surface area contributed by atoms with Gasteiger partial charge in [-0.05, 0) is 18.8 Å². The summed E-state index contributed by atoms with van der Waals surface area (Å²) in [7, 11) is 0. The van der Waals surface area contributed by atoms with Crippen LogP contribution in [0.5, 0.6) is 0 Å². The maximum Gasteiger partial charge on any atom is 0.270 e. The number of piperidine rings is 1. The van der Waals surface area contributed by atoms with E-state index < -0.39 is 0 Å². The van der Waals surface area contributed by atoms with Gasteiger partial charge in [0.1, 0.15) is 17.3 Å². The fourth-order valence-corrected chi connectivity index (χ4v) is 3.37. The van der Waals surface area contributed by atoms with Gasteiger partial charge in [0.2, 0.25) is 5.76 Å². The third kappa shape index (κ3) is 2.06. The fourth-order valence-electron chi connectivity index (χ4n) is 3.37. The van der Waals surface area contributed by atoms with E-state index in [1.54, 1.807) is 18.3 Å². The van der Waals surface area contributed by atoms with Crippen LogP contribution in [0.15, 0.2) is 22.7 Å². The quantitative estimate of drug-likeness (QED) is 0.863. The number of nitrogens with one attached hydrogen (secondary N) is 2. The summed E-state index contributed by atoms with van der Waals surface area (Å²) in [4.78, 5) is 16.5. The van der Waals surface area contributed by atoms with Crippen LogP contribution < -0.4 is 10.6 Å². The SMILES string of the molecule is N#Cc1cc2cnc(C(=O)NC3CC4CC3CN4)cc2o1. The molecule has 3 heterocycles. The van der Waals surface area contributed by atoms with Gasteiger partial charge in [0.15, 0.2) is 0 Å². The molecular formula is C15H14N4O2. The number of rotatable bonds is 2. The van der Waals surface area contributed by atoms with Crippen LogP contribution in [-0.4, -0.2) is 29.5 Å². The van der Waals surface area contributed by atoms with E-state index in [4.69, 9.17) is 9.68 Å². The Morgan fingerprint density at radius 2 is 2.38 bits per heavy atom. The molecule has 0 radical (unpaired) electrons. The van der Waals surface area contributed by atoms with Gasteiger partial charge in [0, 0.05) is 42.3 Å². The van der Waals surface area contributed by atoms with Crippen molar-refractivity contribution in [2.24, 2.45) is 5.92 Å². The van der Waals surface area contributed by atoms with E-state index in [-0.39, 0.29) is 17.7 Å². The third-order valence-electron chi connectivity index (χ3n) is 4.42. The van der Waals surface area contributed by atoms with Crippen molar-refractivity contribution in [1.29, 1.82) is 5.26 Å². The number of carbonyl (C=O) groups excluding carboxylic acids is 1. The molecule has 1 aliphatic carbocycles. The van der Waals surface area contributed by atoms with E-state index in [0.29, 0.717) is 23.2 Å². The van der Waals surface area contributed by atoms with Gasteiger partial charge in [-0.1, -0.05) is 0 Å². The molecule has 1 aliphatic heterocycles. The minimum Gasteiger partial charge on any atom is -0.445 e. The molecule has 2 bridgehead atoms. The summed E-state index contributed by atoms with van der Waals surface area (Å²) in [6.45, 7) is 0.978. The predicted octanol–water partition coefficient (Wildman–Crippen LogP) is 1.18. The first-order valence-corrected chi connectivity index (χ1v) is 7.07. The molecule has 3 atom stereocenters. The normalized spacial score (nSPS) is 26.9. The van der Waals surface area contributed by atoms with Crippen molar-refractivity contribution >= 4 is 16.9 Å². The lowest BCUT2D eigenvalue weighted by Gasteiger charge is -2.23. The van der Waals surface area contributed by atoms with Gasteiger partial charge in [-0.15, -0.1) is 0 Å². The smallest absolute Gasteiger partial charge is 0.270 e. The number of aromatic nitrogens is 1. The molecule has 6 heteroatoms. The summed E-state index contributed by atoms with van der Waals surface area (Å²) in [6.07, 6.45) is 3.69.